The lowest BCUT2D eigenvalue weighted by atomic mass is 9.85. The number of nitrogens with zero attached hydrogens (tertiary/aromatic N) is 6. The van der Waals surface area contributed by atoms with Crippen LogP contribution in [-0.2, 0) is 26.4 Å². The summed E-state index contributed by atoms with van der Waals surface area (Å²) in [4.78, 5) is 37.3. The molecule has 5 heterocycles. The Hall–Kier alpha value is -7.88. The van der Waals surface area contributed by atoms with Crippen molar-refractivity contribution in [3.8, 4) is 75.5 Å². The average molecular weight is 955 g/mol. The molecule has 10 rings (SSSR count). The van der Waals surface area contributed by atoms with Gasteiger partial charge in [-0.15, -0.1) is 6.42 Å². The van der Waals surface area contributed by atoms with Crippen molar-refractivity contribution in [2.24, 2.45) is 0 Å². The maximum absolute atomic E-state index is 14.2. The average Bonchev–Trinajstić information content (AvgIpc) is 4.03. The SMILES string of the molecule is C#Cc1ccc(C#Cc2ccc(OS(=O)(=O)C(F)(F)F)c3c2-c2nc-3nc3[nH]c(nc4nc(nc5[nH]c(n2)c2cc(C(C)(C)C)ccc52)-c2cc(C(C)(C)C)ccc2-4)c2cc(C(C)(C)C)ccc32)cc1. The molecule has 2 aliphatic heterocycles. The largest absolute Gasteiger partial charge is 0.534 e. The Morgan fingerprint density at radius 3 is 1.49 bits per heavy atom. The summed E-state index contributed by atoms with van der Waals surface area (Å²) in [6, 6.07) is 27.4. The first-order chi connectivity index (χ1) is 32.9. The molecular formula is C55H45F3N8O3S. The van der Waals surface area contributed by atoms with Gasteiger partial charge in [-0.2, -0.15) is 21.6 Å². The lowest BCUT2D eigenvalue weighted by Crippen LogP contribution is -2.28. The van der Waals surface area contributed by atoms with Crippen LogP contribution in [0.2, 0.25) is 0 Å². The second-order valence-corrected chi connectivity index (χ2v) is 22.0. The second kappa shape index (κ2) is 15.8. The van der Waals surface area contributed by atoms with Gasteiger partial charge in [-0.05, 0) is 87.5 Å². The molecule has 15 heteroatoms. The molecular weight excluding hydrogens is 910 g/mol. The Kier molecular flexibility index (Phi) is 10.4. The van der Waals surface area contributed by atoms with Crippen molar-refractivity contribution in [2.45, 2.75) is 84.1 Å². The summed E-state index contributed by atoms with van der Waals surface area (Å²) in [5.41, 5.74) is 0.727. The van der Waals surface area contributed by atoms with Gasteiger partial charge in [0.2, 0.25) is 0 Å². The van der Waals surface area contributed by atoms with Gasteiger partial charge in [0.05, 0.1) is 5.56 Å². The van der Waals surface area contributed by atoms with E-state index >= 15 is 0 Å². The Morgan fingerprint density at radius 2 is 0.957 bits per heavy atom. The predicted molar refractivity (Wildman–Crippen MR) is 268 cm³/mol. The number of terminal acetylenes is 1. The van der Waals surface area contributed by atoms with Crippen molar-refractivity contribution in [1.29, 1.82) is 0 Å². The van der Waals surface area contributed by atoms with E-state index < -0.39 is 21.4 Å². The fraction of sp³-hybridized carbons (Fsp3) is 0.236. The number of aromatic amines is 2. The van der Waals surface area contributed by atoms with Crippen LogP contribution in [0, 0.1) is 24.2 Å². The smallest absolute Gasteiger partial charge is 0.375 e. The molecule has 0 fully saturated rings. The zero-order valence-corrected chi connectivity index (χ0v) is 40.5. The first-order valence-electron chi connectivity index (χ1n) is 22.4. The van der Waals surface area contributed by atoms with E-state index in [0.29, 0.717) is 61.3 Å². The lowest BCUT2D eigenvalue weighted by molar-refractivity contribution is -0.0499. The van der Waals surface area contributed by atoms with Crippen molar-refractivity contribution in [3.63, 3.8) is 0 Å². The van der Waals surface area contributed by atoms with Crippen LogP contribution in [0.25, 0.3) is 89.7 Å². The zero-order chi connectivity index (χ0) is 49.9. The summed E-state index contributed by atoms with van der Waals surface area (Å²) in [6.07, 6.45) is 5.59. The van der Waals surface area contributed by atoms with Crippen molar-refractivity contribution in [2.75, 3.05) is 0 Å². The number of halogens is 3. The molecule has 0 atom stereocenters. The van der Waals surface area contributed by atoms with Crippen LogP contribution in [0.5, 0.6) is 5.75 Å². The third-order valence-electron chi connectivity index (χ3n) is 12.4. The minimum atomic E-state index is -6.20. The van der Waals surface area contributed by atoms with Crippen LogP contribution in [0.1, 0.15) is 95.7 Å². The van der Waals surface area contributed by atoms with Gasteiger partial charge in [0.1, 0.15) is 22.6 Å². The number of hydrogen-bond acceptors (Lipinski definition) is 9. The van der Waals surface area contributed by atoms with E-state index in [1.807, 2.05) is 42.5 Å². The molecule has 2 N–H and O–H groups in total. The number of alkyl halides is 3. The van der Waals surface area contributed by atoms with Gasteiger partial charge in [0.25, 0.3) is 0 Å². The highest BCUT2D eigenvalue weighted by Gasteiger charge is 2.49. The third-order valence-corrected chi connectivity index (χ3v) is 13.4. The van der Waals surface area contributed by atoms with Crippen LogP contribution in [-0.4, -0.2) is 53.8 Å². The van der Waals surface area contributed by atoms with Crippen molar-refractivity contribution < 1.29 is 25.8 Å². The molecule has 0 aliphatic carbocycles. The lowest BCUT2D eigenvalue weighted by Gasteiger charge is -2.19. The maximum Gasteiger partial charge on any atom is 0.534 e. The molecule has 11 nitrogen and oxygen atoms in total. The Labute approximate surface area is 402 Å². The quantitative estimate of drug-likeness (QED) is 0.0979. The van der Waals surface area contributed by atoms with Crippen LogP contribution >= 0.6 is 0 Å². The minimum Gasteiger partial charge on any atom is -0.375 e. The van der Waals surface area contributed by atoms with Gasteiger partial charge in [0, 0.05) is 54.9 Å². The van der Waals surface area contributed by atoms with Crippen LogP contribution < -0.4 is 4.18 Å². The topological polar surface area (TPSA) is 152 Å². The van der Waals surface area contributed by atoms with Crippen molar-refractivity contribution in [3.05, 3.63) is 124 Å². The number of rotatable bonds is 2. The highest BCUT2D eigenvalue weighted by molar-refractivity contribution is 7.88. The molecule has 8 bridgehead atoms. The van der Waals surface area contributed by atoms with Gasteiger partial charge >= 0.3 is 15.6 Å². The molecule has 3 aromatic heterocycles. The first-order valence-corrected chi connectivity index (χ1v) is 23.8. The number of aromatic nitrogens is 8. The third kappa shape index (κ3) is 8.09. The number of nitrogens with one attached hydrogen (secondary N) is 2. The zero-order valence-electron chi connectivity index (χ0n) is 39.7. The Bertz CT molecular complexity index is 3950. The molecule has 0 amide bonds. The summed E-state index contributed by atoms with van der Waals surface area (Å²) in [6.45, 7) is 18.9. The molecule has 350 valence electrons. The Balaban J connectivity index is 1.39. The van der Waals surface area contributed by atoms with Gasteiger partial charge in [0.15, 0.2) is 29.0 Å². The summed E-state index contributed by atoms with van der Waals surface area (Å²) < 4.78 is 73.1. The van der Waals surface area contributed by atoms with Crippen LogP contribution in [0.4, 0.5) is 13.2 Å². The predicted octanol–water partition coefficient (Wildman–Crippen LogP) is 12.4. The maximum atomic E-state index is 14.2. The number of hydrogen-bond donors (Lipinski definition) is 2. The highest BCUT2D eigenvalue weighted by Crippen LogP contribution is 2.45. The van der Waals surface area contributed by atoms with Gasteiger partial charge in [-0.25, -0.2) is 29.9 Å². The molecule has 8 aromatic rings. The fourth-order valence-corrected chi connectivity index (χ4v) is 8.89. The molecule has 0 saturated heterocycles. The van der Waals surface area contributed by atoms with Crippen molar-refractivity contribution >= 4 is 54.3 Å². The molecule has 2 aliphatic rings. The van der Waals surface area contributed by atoms with E-state index in [9.17, 15) is 21.6 Å². The molecule has 0 spiro atoms. The van der Waals surface area contributed by atoms with Gasteiger partial charge < -0.3 is 14.2 Å². The van der Waals surface area contributed by atoms with Crippen LogP contribution in [0.15, 0.2) is 91.0 Å². The number of H-pyrrole nitrogens is 2. The van der Waals surface area contributed by atoms with Gasteiger partial charge in [-0.1, -0.05) is 116 Å². The molecule has 0 saturated carbocycles. The Morgan fingerprint density at radius 1 is 0.500 bits per heavy atom. The molecule has 5 aromatic carbocycles. The monoisotopic (exact) mass is 954 g/mol. The number of benzene rings is 5. The van der Waals surface area contributed by atoms with Gasteiger partial charge in [-0.3, -0.25) is 0 Å². The van der Waals surface area contributed by atoms with E-state index in [4.69, 9.17) is 40.5 Å². The summed E-state index contributed by atoms with van der Waals surface area (Å²) >= 11 is 0. The molecule has 0 unspecified atom stereocenters. The minimum absolute atomic E-state index is 0.0386. The highest BCUT2D eigenvalue weighted by atomic mass is 32.2. The van der Waals surface area contributed by atoms with E-state index in [2.05, 4.69) is 102 Å². The number of fused-ring (bicyclic) bond motifs is 20. The molecule has 0 radical (unpaired) electrons. The van der Waals surface area contributed by atoms with Crippen molar-refractivity contribution in [1.82, 2.24) is 39.9 Å². The van der Waals surface area contributed by atoms with E-state index in [-0.39, 0.29) is 50.2 Å². The molecule has 70 heavy (non-hydrogen) atoms. The summed E-state index contributed by atoms with van der Waals surface area (Å²) in [5, 5.41) is 2.62. The fourth-order valence-electron chi connectivity index (χ4n) is 8.42. The normalized spacial score (nSPS) is 12.8. The second-order valence-electron chi connectivity index (χ2n) is 20.5. The van der Waals surface area contributed by atoms with E-state index in [0.717, 1.165) is 33.9 Å². The van der Waals surface area contributed by atoms with E-state index in [1.165, 1.54) is 6.07 Å². The first kappa shape index (κ1) is 45.9. The standard InChI is InChI=1S/C55H45F3N8O3S/c1-11-29-12-14-30(15-13-29)16-17-31-18-25-41(69-70(67,68)55(56,57)58)43-42(31)50-65-49-40-28-34(54(8,9)10)20-23-36(40)45(62-49)61-47-38-26-32(52(2,3)4)19-22-35(38)44(59-47)60-48-39-27-33(53(5,6)7)21-24-37(39)46(63-48)64-51(43)66-50/h1,12-15,18-28H,2-10H3,(H2,59,60,61,62,63,64,65,66). The summed E-state index contributed by atoms with van der Waals surface area (Å²) in [5.74, 6) is 8.68. The van der Waals surface area contributed by atoms with Crippen LogP contribution in [0.3, 0.4) is 0 Å². The summed E-state index contributed by atoms with van der Waals surface area (Å²) in [7, 11) is -6.20. The van der Waals surface area contributed by atoms with E-state index in [1.54, 1.807) is 24.3 Å².